The number of aromatic amines is 1. The van der Waals surface area contributed by atoms with Crippen molar-refractivity contribution < 1.29 is 4.74 Å². The molecule has 0 saturated heterocycles. The topological polar surface area (TPSA) is 37.0 Å². The Hall–Kier alpha value is -2.10. The predicted octanol–water partition coefficient (Wildman–Crippen LogP) is 4.38. The maximum Gasteiger partial charge on any atom is 0.0720 e. The van der Waals surface area contributed by atoms with Crippen molar-refractivity contribution in [2.24, 2.45) is 0 Å². The van der Waals surface area contributed by atoms with Crippen LogP contribution in [-0.2, 0) is 24.4 Å². The molecule has 0 saturated carbocycles. The van der Waals surface area contributed by atoms with Crippen LogP contribution < -0.4 is 5.32 Å². The van der Waals surface area contributed by atoms with Gasteiger partial charge in [-0.15, -0.1) is 0 Å². The number of hydrogen-bond donors (Lipinski definition) is 2. The van der Waals surface area contributed by atoms with E-state index in [-0.39, 0.29) is 0 Å². The van der Waals surface area contributed by atoms with E-state index >= 15 is 0 Å². The molecule has 3 rings (SSSR count). The first kappa shape index (κ1) is 15.8. The van der Waals surface area contributed by atoms with E-state index in [1.807, 2.05) is 6.20 Å². The molecule has 3 nitrogen and oxygen atoms in total. The summed E-state index contributed by atoms with van der Waals surface area (Å²) in [5.41, 5.74) is 5.10. The summed E-state index contributed by atoms with van der Waals surface area (Å²) in [6.07, 6.45) is 3.05. The lowest BCUT2D eigenvalue weighted by atomic mass is 10.1. The van der Waals surface area contributed by atoms with Crippen molar-refractivity contribution in [3.05, 3.63) is 71.4 Å². The van der Waals surface area contributed by atoms with Crippen molar-refractivity contribution in [3.63, 3.8) is 0 Å². The molecule has 0 amide bonds. The quantitative estimate of drug-likeness (QED) is 0.606. The van der Waals surface area contributed by atoms with Crippen molar-refractivity contribution in [1.29, 1.82) is 0 Å². The van der Waals surface area contributed by atoms with Crippen molar-refractivity contribution in [2.45, 2.75) is 33.0 Å². The highest BCUT2D eigenvalue weighted by Crippen LogP contribution is 2.17. The van der Waals surface area contributed by atoms with Crippen LogP contribution in [0, 0.1) is 0 Å². The number of fused-ring (bicyclic) bond motifs is 1. The van der Waals surface area contributed by atoms with Gasteiger partial charge in [0.15, 0.2) is 0 Å². The molecule has 3 aromatic rings. The maximum atomic E-state index is 5.69. The fraction of sp³-hybridized carbons (Fsp3) is 0.300. The molecule has 1 aromatic heterocycles. The zero-order valence-corrected chi connectivity index (χ0v) is 13.6. The third kappa shape index (κ3) is 4.01. The lowest BCUT2D eigenvalue weighted by molar-refractivity contribution is 0.121. The van der Waals surface area contributed by atoms with E-state index in [1.165, 1.54) is 27.6 Å². The molecule has 0 fully saturated rings. The molecule has 0 atom stereocenters. The van der Waals surface area contributed by atoms with Gasteiger partial charge in [0.05, 0.1) is 6.61 Å². The Bertz CT molecular complexity index is 748. The van der Waals surface area contributed by atoms with Crippen molar-refractivity contribution >= 4 is 10.9 Å². The van der Waals surface area contributed by atoms with E-state index in [9.17, 15) is 0 Å². The molecule has 3 heteroatoms. The van der Waals surface area contributed by atoms with Gasteiger partial charge < -0.3 is 15.0 Å². The summed E-state index contributed by atoms with van der Waals surface area (Å²) in [7, 11) is 0. The van der Waals surface area contributed by atoms with Gasteiger partial charge in [-0.25, -0.2) is 0 Å². The second-order valence-corrected chi connectivity index (χ2v) is 5.78. The molecular weight excluding hydrogens is 284 g/mol. The fourth-order valence-corrected chi connectivity index (χ4v) is 2.83. The smallest absolute Gasteiger partial charge is 0.0720 e. The number of H-pyrrole nitrogens is 1. The molecule has 1 heterocycles. The van der Waals surface area contributed by atoms with Gasteiger partial charge in [-0.2, -0.15) is 0 Å². The summed E-state index contributed by atoms with van der Waals surface area (Å²) in [5, 5.41) is 4.85. The SMILES string of the molecule is CCCOCc1ccccc1CNCc1cccc2[nH]ccc12. The Labute approximate surface area is 137 Å². The number of rotatable bonds is 8. The molecule has 0 bridgehead atoms. The standard InChI is InChI=1S/C20H24N2O/c1-2-12-23-15-18-7-4-3-6-16(18)13-21-14-17-8-5-9-20-19(17)10-11-22-20/h3-11,21-22H,2,12-15H2,1H3. The van der Waals surface area contributed by atoms with Crippen LogP contribution in [-0.4, -0.2) is 11.6 Å². The normalized spacial score (nSPS) is 11.2. The number of ether oxygens (including phenoxy) is 1. The highest BCUT2D eigenvalue weighted by Gasteiger charge is 2.04. The minimum absolute atomic E-state index is 0.694. The third-order valence-corrected chi connectivity index (χ3v) is 4.04. The van der Waals surface area contributed by atoms with Gasteiger partial charge in [0.1, 0.15) is 0 Å². The van der Waals surface area contributed by atoms with E-state index in [0.717, 1.165) is 26.1 Å². The number of benzene rings is 2. The third-order valence-electron chi connectivity index (χ3n) is 4.04. The summed E-state index contributed by atoms with van der Waals surface area (Å²) in [6, 6.07) is 17.0. The average molecular weight is 308 g/mol. The zero-order chi connectivity index (χ0) is 15.9. The molecular formula is C20H24N2O. The Kier molecular flexibility index (Phi) is 5.46. The zero-order valence-electron chi connectivity index (χ0n) is 13.6. The highest BCUT2D eigenvalue weighted by atomic mass is 16.5. The summed E-state index contributed by atoms with van der Waals surface area (Å²) in [6.45, 7) is 5.36. The van der Waals surface area contributed by atoms with Gasteiger partial charge in [-0.3, -0.25) is 0 Å². The fourth-order valence-electron chi connectivity index (χ4n) is 2.83. The molecule has 0 aliphatic rings. The summed E-state index contributed by atoms with van der Waals surface area (Å²) in [5.74, 6) is 0. The van der Waals surface area contributed by atoms with Crippen molar-refractivity contribution in [2.75, 3.05) is 6.61 Å². The van der Waals surface area contributed by atoms with Crippen LogP contribution in [0.15, 0.2) is 54.7 Å². The molecule has 23 heavy (non-hydrogen) atoms. The lowest BCUT2D eigenvalue weighted by Crippen LogP contribution is -2.14. The van der Waals surface area contributed by atoms with E-state index < -0.39 is 0 Å². The van der Waals surface area contributed by atoms with Crippen LogP contribution in [0.25, 0.3) is 10.9 Å². The minimum atomic E-state index is 0.694. The van der Waals surface area contributed by atoms with Crippen LogP contribution in [0.2, 0.25) is 0 Å². The van der Waals surface area contributed by atoms with Gasteiger partial charge >= 0.3 is 0 Å². The first-order valence-corrected chi connectivity index (χ1v) is 8.28. The second-order valence-electron chi connectivity index (χ2n) is 5.78. The van der Waals surface area contributed by atoms with Crippen LogP contribution in [0.3, 0.4) is 0 Å². The van der Waals surface area contributed by atoms with E-state index in [1.54, 1.807) is 0 Å². The summed E-state index contributed by atoms with van der Waals surface area (Å²) >= 11 is 0. The van der Waals surface area contributed by atoms with E-state index in [4.69, 9.17) is 4.74 Å². The van der Waals surface area contributed by atoms with Gasteiger partial charge in [-0.05, 0) is 35.2 Å². The molecule has 2 aromatic carbocycles. The Morgan fingerprint density at radius 3 is 2.57 bits per heavy atom. The predicted molar refractivity (Wildman–Crippen MR) is 95.2 cm³/mol. The van der Waals surface area contributed by atoms with E-state index in [0.29, 0.717) is 6.61 Å². The lowest BCUT2D eigenvalue weighted by Gasteiger charge is -2.11. The summed E-state index contributed by atoms with van der Waals surface area (Å²) in [4.78, 5) is 3.26. The maximum absolute atomic E-state index is 5.69. The molecule has 0 radical (unpaired) electrons. The van der Waals surface area contributed by atoms with Gasteiger partial charge in [-0.1, -0.05) is 43.3 Å². The van der Waals surface area contributed by atoms with Gasteiger partial charge in [0.25, 0.3) is 0 Å². The van der Waals surface area contributed by atoms with Crippen LogP contribution >= 0.6 is 0 Å². The number of nitrogens with one attached hydrogen (secondary N) is 2. The molecule has 120 valence electrons. The monoisotopic (exact) mass is 308 g/mol. The first-order valence-electron chi connectivity index (χ1n) is 8.28. The Balaban J connectivity index is 1.61. The second kappa shape index (κ2) is 7.95. The Morgan fingerprint density at radius 2 is 1.70 bits per heavy atom. The van der Waals surface area contributed by atoms with Crippen LogP contribution in [0.1, 0.15) is 30.0 Å². The number of hydrogen-bond acceptors (Lipinski definition) is 2. The minimum Gasteiger partial charge on any atom is -0.377 e. The van der Waals surface area contributed by atoms with Gasteiger partial charge in [0, 0.05) is 36.8 Å². The Morgan fingerprint density at radius 1 is 0.913 bits per heavy atom. The molecule has 0 unspecified atom stereocenters. The number of aromatic nitrogens is 1. The largest absolute Gasteiger partial charge is 0.377 e. The highest BCUT2D eigenvalue weighted by molar-refractivity contribution is 5.82. The summed E-state index contributed by atoms with van der Waals surface area (Å²) < 4.78 is 5.69. The van der Waals surface area contributed by atoms with Crippen molar-refractivity contribution in [1.82, 2.24) is 10.3 Å². The molecule has 0 aliphatic carbocycles. The molecule has 0 aliphatic heterocycles. The van der Waals surface area contributed by atoms with Gasteiger partial charge in [0.2, 0.25) is 0 Å². The first-order chi connectivity index (χ1) is 11.4. The van der Waals surface area contributed by atoms with Crippen LogP contribution in [0.4, 0.5) is 0 Å². The van der Waals surface area contributed by atoms with E-state index in [2.05, 4.69) is 65.8 Å². The molecule has 2 N–H and O–H groups in total. The molecule has 0 spiro atoms. The van der Waals surface area contributed by atoms with Crippen LogP contribution in [0.5, 0.6) is 0 Å². The van der Waals surface area contributed by atoms with Crippen molar-refractivity contribution in [3.8, 4) is 0 Å². The average Bonchev–Trinajstić information content (AvgIpc) is 3.06.